The van der Waals surface area contributed by atoms with Crippen molar-refractivity contribution in [1.82, 2.24) is 4.90 Å². The van der Waals surface area contributed by atoms with Crippen molar-refractivity contribution >= 4 is 17.5 Å². The van der Waals surface area contributed by atoms with Crippen molar-refractivity contribution in [2.45, 2.75) is 20.3 Å². The maximum atomic E-state index is 12.4. The highest BCUT2D eigenvalue weighted by Crippen LogP contribution is 2.24. The van der Waals surface area contributed by atoms with Crippen LogP contribution in [-0.4, -0.2) is 23.9 Å². The summed E-state index contributed by atoms with van der Waals surface area (Å²) >= 11 is 6.06. The lowest BCUT2D eigenvalue weighted by Crippen LogP contribution is -2.42. The van der Waals surface area contributed by atoms with Crippen molar-refractivity contribution in [3.8, 4) is 0 Å². The van der Waals surface area contributed by atoms with E-state index in [4.69, 9.17) is 11.6 Å². The van der Waals surface area contributed by atoms with E-state index < -0.39 is 0 Å². The molecule has 3 heteroatoms. The molecule has 0 saturated carbocycles. The standard InChI is InChI=1S/C14H18ClNO/c1-10-7-11(2)9-16(8-10)14(17)12-5-3-4-6-13(12)15/h3-6,10-11H,7-9H2,1-2H3/t10-,11+. The molecule has 2 atom stereocenters. The maximum Gasteiger partial charge on any atom is 0.255 e. The zero-order chi connectivity index (χ0) is 12.4. The summed E-state index contributed by atoms with van der Waals surface area (Å²) in [6.45, 7) is 6.08. The summed E-state index contributed by atoms with van der Waals surface area (Å²) in [4.78, 5) is 14.3. The molecular weight excluding hydrogens is 234 g/mol. The maximum absolute atomic E-state index is 12.4. The zero-order valence-electron chi connectivity index (χ0n) is 10.3. The molecule has 0 radical (unpaired) electrons. The van der Waals surface area contributed by atoms with Crippen LogP contribution in [-0.2, 0) is 0 Å². The van der Waals surface area contributed by atoms with E-state index in [0.717, 1.165) is 13.1 Å². The van der Waals surface area contributed by atoms with Crippen LogP contribution in [0.5, 0.6) is 0 Å². The summed E-state index contributed by atoms with van der Waals surface area (Å²) in [7, 11) is 0. The van der Waals surface area contributed by atoms with Crippen LogP contribution in [0.3, 0.4) is 0 Å². The number of rotatable bonds is 1. The molecule has 0 aliphatic carbocycles. The minimum atomic E-state index is 0.0639. The molecule has 1 aliphatic heterocycles. The van der Waals surface area contributed by atoms with Crippen molar-refractivity contribution in [2.75, 3.05) is 13.1 Å². The van der Waals surface area contributed by atoms with Gasteiger partial charge in [-0.05, 0) is 30.4 Å². The summed E-state index contributed by atoms with van der Waals surface area (Å²) in [6.07, 6.45) is 1.20. The lowest BCUT2D eigenvalue weighted by molar-refractivity contribution is 0.0623. The molecule has 1 aliphatic rings. The van der Waals surface area contributed by atoms with Crippen molar-refractivity contribution in [3.05, 3.63) is 34.9 Å². The Morgan fingerprint density at radius 1 is 1.24 bits per heavy atom. The number of nitrogens with zero attached hydrogens (tertiary/aromatic N) is 1. The second-order valence-corrected chi connectivity index (χ2v) is 5.54. The molecular formula is C14H18ClNO. The smallest absolute Gasteiger partial charge is 0.255 e. The topological polar surface area (TPSA) is 20.3 Å². The summed E-state index contributed by atoms with van der Waals surface area (Å²) in [5.41, 5.74) is 0.621. The largest absolute Gasteiger partial charge is 0.338 e. The molecule has 1 aromatic rings. The molecule has 0 unspecified atom stereocenters. The van der Waals surface area contributed by atoms with Gasteiger partial charge in [-0.1, -0.05) is 37.6 Å². The summed E-state index contributed by atoms with van der Waals surface area (Å²) in [6, 6.07) is 7.27. The first-order valence-electron chi connectivity index (χ1n) is 6.11. The van der Waals surface area contributed by atoms with E-state index in [1.54, 1.807) is 12.1 Å². The van der Waals surface area contributed by atoms with Gasteiger partial charge in [0, 0.05) is 13.1 Å². The molecule has 92 valence electrons. The fraction of sp³-hybridized carbons (Fsp3) is 0.500. The SMILES string of the molecule is C[C@@H]1C[C@H](C)CN(C(=O)c2ccccc2Cl)C1. The number of benzene rings is 1. The Morgan fingerprint density at radius 3 is 2.41 bits per heavy atom. The Hall–Kier alpha value is -1.02. The molecule has 0 aromatic heterocycles. The first-order valence-corrected chi connectivity index (χ1v) is 6.49. The number of carbonyl (C=O) groups is 1. The quantitative estimate of drug-likeness (QED) is 0.749. The molecule has 1 heterocycles. The van der Waals surface area contributed by atoms with E-state index in [-0.39, 0.29) is 5.91 Å². The van der Waals surface area contributed by atoms with Gasteiger partial charge < -0.3 is 4.90 Å². The van der Waals surface area contributed by atoms with Crippen molar-refractivity contribution in [2.24, 2.45) is 11.8 Å². The molecule has 1 aromatic carbocycles. The van der Waals surface area contributed by atoms with E-state index in [9.17, 15) is 4.79 Å². The number of hydrogen-bond acceptors (Lipinski definition) is 1. The van der Waals surface area contributed by atoms with Gasteiger partial charge in [0.1, 0.15) is 0 Å². The van der Waals surface area contributed by atoms with E-state index in [1.165, 1.54) is 6.42 Å². The second-order valence-electron chi connectivity index (χ2n) is 5.14. The van der Waals surface area contributed by atoms with Crippen LogP contribution in [0.15, 0.2) is 24.3 Å². The number of piperidine rings is 1. The predicted octanol–water partition coefficient (Wildman–Crippen LogP) is 3.46. The Balaban J connectivity index is 2.17. The van der Waals surface area contributed by atoms with Crippen LogP contribution < -0.4 is 0 Å². The average molecular weight is 252 g/mol. The number of carbonyl (C=O) groups excluding carboxylic acids is 1. The van der Waals surface area contributed by atoms with Gasteiger partial charge >= 0.3 is 0 Å². The third-order valence-corrected chi connectivity index (χ3v) is 3.59. The minimum absolute atomic E-state index is 0.0639. The number of likely N-dealkylation sites (tertiary alicyclic amines) is 1. The summed E-state index contributed by atoms with van der Waals surface area (Å²) in [5, 5.41) is 0.545. The van der Waals surface area contributed by atoms with Crippen molar-refractivity contribution in [3.63, 3.8) is 0 Å². The van der Waals surface area contributed by atoms with Crippen LogP contribution in [0.1, 0.15) is 30.6 Å². The molecule has 1 fully saturated rings. The lowest BCUT2D eigenvalue weighted by Gasteiger charge is -2.35. The second kappa shape index (κ2) is 5.09. The number of amides is 1. The average Bonchev–Trinajstić information content (AvgIpc) is 2.27. The zero-order valence-corrected chi connectivity index (χ0v) is 11.1. The fourth-order valence-corrected chi connectivity index (χ4v) is 2.85. The molecule has 1 amide bonds. The van der Waals surface area contributed by atoms with Crippen molar-refractivity contribution in [1.29, 1.82) is 0 Å². The van der Waals surface area contributed by atoms with Gasteiger partial charge in [0.05, 0.1) is 10.6 Å². The van der Waals surface area contributed by atoms with Gasteiger partial charge in [0.15, 0.2) is 0 Å². The Kier molecular flexibility index (Phi) is 3.72. The highest BCUT2D eigenvalue weighted by molar-refractivity contribution is 6.33. The van der Waals surface area contributed by atoms with E-state index in [2.05, 4.69) is 13.8 Å². The molecule has 0 spiro atoms. The van der Waals surface area contributed by atoms with Crippen LogP contribution in [0.25, 0.3) is 0 Å². The van der Waals surface area contributed by atoms with Crippen LogP contribution in [0.2, 0.25) is 5.02 Å². The van der Waals surface area contributed by atoms with Gasteiger partial charge in [-0.25, -0.2) is 0 Å². The van der Waals surface area contributed by atoms with E-state index in [1.807, 2.05) is 17.0 Å². The van der Waals surface area contributed by atoms with E-state index in [0.29, 0.717) is 22.4 Å². The lowest BCUT2D eigenvalue weighted by atomic mass is 9.91. The van der Waals surface area contributed by atoms with Crippen LogP contribution >= 0.6 is 11.6 Å². The molecule has 1 saturated heterocycles. The number of hydrogen-bond donors (Lipinski definition) is 0. The first kappa shape index (κ1) is 12.4. The highest BCUT2D eigenvalue weighted by atomic mass is 35.5. The Morgan fingerprint density at radius 2 is 1.82 bits per heavy atom. The monoisotopic (exact) mass is 251 g/mol. The molecule has 0 bridgehead atoms. The number of halogens is 1. The van der Waals surface area contributed by atoms with Gasteiger partial charge in [0.25, 0.3) is 5.91 Å². The Bertz CT molecular complexity index is 408. The fourth-order valence-electron chi connectivity index (χ4n) is 2.63. The highest BCUT2D eigenvalue weighted by Gasteiger charge is 2.26. The van der Waals surface area contributed by atoms with Gasteiger partial charge in [-0.3, -0.25) is 4.79 Å². The van der Waals surface area contributed by atoms with Gasteiger partial charge in [-0.15, -0.1) is 0 Å². The normalized spacial score (nSPS) is 24.8. The van der Waals surface area contributed by atoms with Crippen LogP contribution in [0.4, 0.5) is 0 Å². The molecule has 0 N–H and O–H groups in total. The Labute approximate surface area is 108 Å². The van der Waals surface area contributed by atoms with Crippen molar-refractivity contribution < 1.29 is 4.79 Å². The van der Waals surface area contributed by atoms with E-state index >= 15 is 0 Å². The van der Waals surface area contributed by atoms with Gasteiger partial charge in [0.2, 0.25) is 0 Å². The minimum Gasteiger partial charge on any atom is -0.338 e. The predicted molar refractivity (Wildman–Crippen MR) is 70.3 cm³/mol. The van der Waals surface area contributed by atoms with Gasteiger partial charge in [-0.2, -0.15) is 0 Å². The van der Waals surface area contributed by atoms with Crippen LogP contribution in [0, 0.1) is 11.8 Å². The molecule has 2 nitrogen and oxygen atoms in total. The third kappa shape index (κ3) is 2.81. The third-order valence-electron chi connectivity index (χ3n) is 3.26. The first-order chi connectivity index (χ1) is 8.08. The molecule has 2 rings (SSSR count). The summed E-state index contributed by atoms with van der Waals surface area (Å²) in [5.74, 6) is 1.21. The summed E-state index contributed by atoms with van der Waals surface area (Å²) < 4.78 is 0. The molecule has 17 heavy (non-hydrogen) atoms.